The van der Waals surface area contributed by atoms with Gasteiger partial charge in [0, 0.05) is 17.1 Å². The number of nitrogens with zero attached hydrogens (tertiary/aromatic N) is 1. The number of nitrogens with one attached hydrogen (secondary N) is 1. The molecule has 96 valence electrons. The van der Waals surface area contributed by atoms with Crippen molar-refractivity contribution >= 4 is 26.0 Å². The minimum Gasteiger partial charge on any atom is -0.241 e. The average molecular weight is 325 g/mol. The summed E-state index contributed by atoms with van der Waals surface area (Å²) in [7, 11) is -3.89. The van der Waals surface area contributed by atoms with Crippen molar-refractivity contribution in [3.8, 4) is 0 Å². The predicted molar refractivity (Wildman–Crippen MR) is 67.0 cm³/mol. The van der Waals surface area contributed by atoms with E-state index in [0.717, 1.165) is 6.07 Å². The Labute approximate surface area is 109 Å². The maximum atomic E-state index is 13.3. The van der Waals surface area contributed by atoms with Crippen LogP contribution in [0.4, 0.5) is 4.39 Å². The van der Waals surface area contributed by atoms with E-state index in [1.807, 2.05) is 6.92 Å². The van der Waals surface area contributed by atoms with E-state index in [0.29, 0.717) is 6.42 Å². The smallest absolute Gasteiger partial charge is 0.241 e. The van der Waals surface area contributed by atoms with Gasteiger partial charge in [0.1, 0.15) is 0 Å². The molecule has 1 rings (SSSR count). The second-order valence-corrected chi connectivity index (χ2v) is 7.02. The zero-order valence-electron chi connectivity index (χ0n) is 9.52. The fourth-order valence-electron chi connectivity index (χ4n) is 1.42. The van der Waals surface area contributed by atoms with Crippen molar-refractivity contribution in [2.45, 2.75) is 36.2 Å². The second-order valence-electron chi connectivity index (χ2n) is 3.83. The maximum absolute atomic E-state index is 13.3. The van der Waals surface area contributed by atoms with E-state index in [-0.39, 0.29) is 10.9 Å². The first-order valence-corrected chi connectivity index (χ1v) is 7.49. The Bertz CT molecular complexity index is 479. The molecule has 17 heavy (non-hydrogen) atoms. The molecule has 1 heterocycles. The van der Waals surface area contributed by atoms with Crippen LogP contribution in [0.15, 0.2) is 23.4 Å². The van der Waals surface area contributed by atoms with Gasteiger partial charge in [-0.05, 0) is 25.5 Å². The van der Waals surface area contributed by atoms with Crippen LogP contribution in [-0.2, 0) is 10.0 Å². The Morgan fingerprint density at radius 1 is 1.53 bits per heavy atom. The van der Waals surface area contributed by atoms with Crippen molar-refractivity contribution in [2.75, 3.05) is 0 Å². The van der Waals surface area contributed by atoms with E-state index in [4.69, 9.17) is 0 Å². The quantitative estimate of drug-likeness (QED) is 0.843. The van der Waals surface area contributed by atoms with Crippen LogP contribution in [0.2, 0.25) is 0 Å². The molecular formula is C10H14BrFN2O2S. The zero-order chi connectivity index (χ0) is 13.1. The SMILES string of the molecule is CC(Br)CC(C)NS(=O)(=O)c1ncccc1F. The van der Waals surface area contributed by atoms with Crippen LogP contribution < -0.4 is 4.72 Å². The average Bonchev–Trinajstić information content (AvgIpc) is 2.15. The summed E-state index contributed by atoms with van der Waals surface area (Å²) in [5, 5.41) is -0.561. The molecule has 4 nitrogen and oxygen atoms in total. The fraction of sp³-hybridized carbons (Fsp3) is 0.500. The van der Waals surface area contributed by atoms with Crippen molar-refractivity contribution in [1.82, 2.24) is 9.71 Å². The van der Waals surface area contributed by atoms with Crippen LogP contribution in [0, 0.1) is 5.82 Å². The molecule has 0 spiro atoms. The molecule has 0 amide bonds. The standard InChI is InChI=1S/C10H14BrFN2O2S/c1-7(11)6-8(2)14-17(15,16)10-9(12)4-3-5-13-10/h3-5,7-8,14H,6H2,1-2H3. The van der Waals surface area contributed by atoms with E-state index in [9.17, 15) is 12.8 Å². The number of hydrogen-bond donors (Lipinski definition) is 1. The summed E-state index contributed by atoms with van der Waals surface area (Å²) in [5.41, 5.74) is 0. The van der Waals surface area contributed by atoms with Gasteiger partial charge in [0.15, 0.2) is 5.82 Å². The molecule has 1 aromatic heterocycles. The van der Waals surface area contributed by atoms with Crippen LogP contribution in [0.5, 0.6) is 0 Å². The lowest BCUT2D eigenvalue weighted by Gasteiger charge is -2.15. The summed E-state index contributed by atoms with van der Waals surface area (Å²) in [4.78, 5) is 3.72. The Morgan fingerprint density at radius 2 is 2.18 bits per heavy atom. The summed E-state index contributed by atoms with van der Waals surface area (Å²) in [5.74, 6) is -0.848. The minimum atomic E-state index is -3.89. The molecule has 0 radical (unpaired) electrons. The molecule has 7 heteroatoms. The summed E-state index contributed by atoms with van der Waals surface area (Å²) in [6.45, 7) is 3.63. The lowest BCUT2D eigenvalue weighted by Crippen LogP contribution is -2.34. The first-order valence-electron chi connectivity index (χ1n) is 5.10. The van der Waals surface area contributed by atoms with Crippen molar-refractivity contribution in [3.05, 3.63) is 24.1 Å². The molecular weight excluding hydrogens is 311 g/mol. The number of alkyl halides is 1. The highest BCUT2D eigenvalue weighted by atomic mass is 79.9. The van der Waals surface area contributed by atoms with Crippen molar-refractivity contribution in [2.24, 2.45) is 0 Å². The van der Waals surface area contributed by atoms with Gasteiger partial charge in [-0.3, -0.25) is 0 Å². The third-order valence-corrected chi connectivity index (χ3v) is 3.91. The summed E-state index contributed by atoms with van der Waals surface area (Å²) in [6.07, 6.45) is 1.85. The summed E-state index contributed by atoms with van der Waals surface area (Å²) < 4.78 is 39.3. The van der Waals surface area contributed by atoms with Gasteiger partial charge in [-0.2, -0.15) is 0 Å². The van der Waals surface area contributed by atoms with Gasteiger partial charge in [0.25, 0.3) is 10.0 Å². The van der Waals surface area contributed by atoms with Gasteiger partial charge in [0.05, 0.1) is 0 Å². The van der Waals surface area contributed by atoms with E-state index in [2.05, 4.69) is 25.6 Å². The lowest BCUT2D eigenvalue weighted by atomic mass is 10.2. The Kier molecular flexibility index (Phi) is 5.03. The molecule has 0 aliphatic rings. The number of halogens is 2. The molecule has 0 saturated heterocycles. The molecule has 0 bridgehead atoms. The number of hydrogen-bond acceptors (Lipinski definition) is 3. The van der Waals surface area contributed by atoms with Crippen molar-refractivity contribution in [1.29, 1.82) is 0 Å². The highest BCUT2D eigenvalue weighted by molar-refractivity contribution is 9.09. The third kappa shape index (κ3) is 4.33. The third-order valence-electron chi connectivity index (χ3n) is 2.01. The number of aromatic nitrogens is 1. The first-order chi connectivity index (χ1) is 7.83. The topological polar surface area (TPSA) is 59.1 Å². The van der Waals surface area contributed by atoms with Crippen molar-refractivity contribution < 1.29 is 12.8 Å². The van der Waals surface area contributed by atoms with Crippen LogP contribution >= 0.6 is 15.9 Å². The number of rotatable bonds is 5. The molecule has 1 aromatic rings. The highest BCUT2D eigenvalue weighted by Gasteiger charge is 2.22. The molecule has 1 N–H and O–H groups in total. The predicted octanol–water partition coefficient (Wildman–Crippen LogP) is 2.06. The van der Waals surface area contributed by atoms with E-state index < -0.39 is 20.9 Å². The molecule has 2 atom stereocenters. The van der Waals surface area contributed by atoms with E-state index in [1.54, 1.807) is 6.92 Å². The van der Waals surface area contributed by atoms with Crippen molar-refractivity contribution in [3.63, 3.8) is 0 Å². The molecule has 0 fully saturated rings. The summed E-state index contributed by atoms with van der Waals surface area (Å²) in [6, 6.07) is 2.12. The molecule has 2 unspecified atom stereocenters. The molecule has 0 aliphatic heterocycles. The van der Waals surface area contributed by atoms with Gasteiger partial charge in [0.2, 0.25) is 5.03 Å². The number of pyridine rings is 1. The molecule has 0 saturated carbocycles. The largest absolute Gasteiger partial charge is 0.261 e. The fourth-order valence-corrected chi connectivity index (χ4v) is 3.25. The molecule has 0 aromatic carbocycles. The van der Waals surface area contributed by atoms with Gasteiger partial charge in [-0.25, -0.2) is 22.5 Å². The lowest BCUT2D eigenvalue weighted by molar-refractivity contribution is 0.525. The normalized spacial score (nSPS) is 15.5. The Balaban J connectivity index is 2.86. The van der Waals surface area contributed by atoms with Crippen LogP contribution in [0.1, 0.15) is 20.3 Å². The Hall–Kier alpha value is -0.530. The van der Waals surface area contributed by atoms with E-state index >= 15 is 0 Å². The monoisotopic (exact) mass is 324 g/mol. The van der Waals surface area contributed by atoms with Gasteiger partial charge in [-0.1, -0.05) is 22.9 Å². The Morgan fingerprint density at radius 3 is 2.71 bits per heavy atom. The number of sulfonamides is 1. The summed E-state index contributed by atoms with van der Waals surface area (Å²) >= 11 is 3.33. The van der Waals surface area contributed by atoms with E-state index in [1.165, 1.54) is 12.3 Å². The zero-order valence-corrected chi connectivity index (χ0v) is 11.9. The minimum absolute atomic E-state index is 0.175. The highest BCUT2D eigenvalue weighted by Crippen LogP contribution is 2.13. The van der Waals surface area contributed by atoms with Gasteiger partial charge < -0.3 is 0 Å². The first kappa shape index (κ1) is 14.5. The van der Waals surface area contributed by atoms with Crippen LogP contribution in [0.25, 0.3) is 0 Å². The molecule has 0 aliphatic carbocycles. The van der Waals surface area contributed by atoms with Crippen LogP contribution in [0.3, 0.4) is 0 Å². The van der Waals surface area contributed by atoms with Gasteiger partial charge in [-0.15, -0.1) is 0 Å². The maximum Gasteiger partial charge on any atom is 0.261 e. The second kappa shape index (κ2) is 5.88. The van der Waals surface area contributed by atoms with Crippen LogP contribution in [-0.4, -0.2) is 24.3 Å². The van der Waals surface area contributed by atoms with Gasteiger partial charge >= 0.3 is 0 Å².